The van der Waals surface area contributed by atoms with Crippen LogP contribution in [0.4, 0.5) is 4.79 Å². The van der Waals surface area contributed by atoms with Gasteiger partial charge in [0.1, 0.15) is 11.6 Å². The Morgan fingerprint density at radius 1 is 1.12 bits per heavy atom. The van der Waals surface area contributed by atoms with Crippen molar-refractivity contribution in [1.82, 2.24) is 15.1 Å². The number of fused-ring (bicyclic) bond motifs is 1. The van der Waals surface area contributed by atoms with E-state index in [1.54, 1.807) is 6.07 Å². The summed E-state index contributed by atoms with van der Waals surface area (Å²) < 4.78 is 5.76. The fourth-order valence-corrected chi connectivity index (χ4v) is 6.21. The number of amides is 4. The number of hydrogen-bond acceptors (Lipinski definition) is 6. The van der Waals surface area contributed by atoms with E-state index < -0.39 is 17.6 Å². The number of rotatable bonds is 4. The number of imide groups is 1. The van der Waals surface area contributed by atoms with Crippen LogP contribution in [0, 0.1) is 17.8 Å². The standard InChI is InChI=1S/C30H36N6O5/c1-30(2,3)41-29(40)36(22-9-7-21(8-10-22)33-34-31)23-15-19(16-23)5-4-18-6-11-24-20(14-18)17-35(28(24)39)25-12-13-26(37)32-27(25)38/h6,11,14,19,21-23,25H,7-10,12-13,15-17H2,1-3H3,(H,32,37,38)/t19-,21-,22+,23-,25?. The molecule has 2 saturated carbocycles. The van der Waals surface area contributed by atoms with Crippen LogP contribution in [-0.2, 0) is 20.9 Å². The van der Waals surface area contributed by atoms with E-state index in [0.717, 1.165) is 49.7 Å². The number of ether oxygens (including phenoxy) is 1. The van der Waals surface area contributed by atoms with Gasteiger partial charge in [-0.3, -0.25) is 19.7 Å². The summed E-state index contributed by atoms with van der Waals surface area (Å²) in [5.41, 5.74) is 10.4. The van der Waals surface area contributed by atoms with Crippen LogP contribution in [0.25, 0.3) is 10.4 Å². The Kier molecular flexibility index (Phi) is 7.96. The Balaban J connectivity index is 1.22. The van der Waals surface area contributed by atoms with Crippen LogP contribution in [-0.4, -0.2) is 63.4 Å². The zero-order valence-corrected chi connectivity index (χ0v) is 23.8. The highest BCUT2D eigenvalue weighted by Gasteiger charge is 2.42. The minimum absolute atomic E-state index is 0.0181. The molecule has 1 aromatic carbocycles. The summed E-state index contributed by atoms with van der Waals surface area (Å²) in [6, 6.07) is 4.92. The molecule has 3 fully saturated rings. The molecule has 1 atom stereocenters. The third-order valence-electron chi connectivity index (χ3n) is 8.33. The van der Waals surface area contributed by atoms with E-state index >= 15 is 0 Å². The summed E-state index contributed by atoms with van der Waals surface area (Å²) in [5, 5.41) is 6.19. The average Bonchev–Trinajstić information content (AvgIpc) is 3.20. The highest BCUT2D eigenvalue weighted by atomic mass is 16.6. The van der Waals surface area contributed by atoms with Gasteiger partial charge in [0.25, 0.3) is 5.91 Å². The molecule has 2 heterocycles. The number of carbonyl (C=O) groups excluding carboxylic acids is 4. The Morgan fingerprint density at radius 3 is 2.51 bits per heavy atom. The molecule has 11 heteroatoms. The van der Waals surface area contributed by atoms with Gasteiger partial charge in [-0.2, -0.15) is 0 Å². The molecule has 11 nitrogen and oxygen atoms in total. The lowest BCUT2D eigenvalue weighted by molar-refractivity contribution is -0.136. The summed E-state index contributed by atoms with van der Waals surface area (Å²) in [5.74, 6) is 5.78. The summed E-state index contributed by atoms with van der Waals surface area (Å²) in [7, 11) is 0. The predicted octanol–water partition coefficient (Wildman–Crippen LogP) is 4.44. The first kappa shape index (κ1) is 28.5. The Labute approximate surface area is 239 Å². The van der Waals surface area contributed by atoms with Gasteiger partial charge in [-0.25, -0.2) is 4.79 Å². The van der Waals surface area contributed by atoms with Crippen LogP contribution < -0.4 is 5.32 Å². The summed E-state index contributed by atoms with van der Waals surface area (Å²) in [4.78, 5) is 56.3. The Morgan fingerprint density at radius 2 is 1.85 bits per heavy atom. The molecule has 4 amide bonds. The largest absolute Gasteiger partial charge is 0.444 e. The number of piperidine rings is 1. The van der Waals surface area contributed by atoms with E-state index in [0.29, 0.717) is 18.5 Å². The first-order chi connectivity index (χ1) is 19.5. The van der Waals surface area contributed by atoms with E-state index in [1.165, 1.54) is 4.90 Å². The first-order valence-electron chi connectivity index (χ1n) is 14.4. The SMILES string of the molecule is CC(C)(C)OC(=O)N([C@H]1CC[C@@H](N=[N+]=[N-])CC1)[C@H]1C[C@H](C#Cc2ccc3c(c2)CN(C2CCC(=O)NC2=O)C3=O)C1. The van der Waals surface area contributed by atoms with Gasteiger partial charge >= 0.3 is 6.09 Å². The molecule has 2 aliphatic heterocycles. The van der Waals surface area contributed by atoms with Crippen molar-refractivity contribution in [1.29, 1.82) is 0 Å². The number of hydrogen-bond donors (Lipinski definition) is 1. The van der Waals surface area contributed by atoms with Crippen molar-refractivity contribution < 1.29 is 23.9 Å². The average molecular weight is 561 g/mol. The molecule has 0 radical (unpaired) electrons. The van der Waals surface area contributed by atoms with Gasteiger partial charge in [-0.1, -0.05) is 17.0 Å². The van der Waals surface area contributed by atoms with Crippen molar-refractivity contribution in [2.24, 2.45) is 11.0 Å². The molecule has 41 heavy (non-hydrogen) atoms. The minimum atomic E-state index is -0.643. The van der Waals surface area contributed by atoms with Crippen molar-refractivity contribution in [3.05, 3.63) is 45.3 Å². The molecule has 0 aromatic heterocycles. The highest BCUT2D eigenvalue weighted by Crippen LogP contribution is 2.37. The molecular weight excluding hydrogens is 524 g/mol. The maximum absolute atomic E-state index is 13.2. The number of benzene rings is 1. The van der Waals surface area contributed by atoms with Crippen molar-refractivity contribution >= 4 is 23.8 Å². The third-order valence-corrected chi connectivity index (χ3v) is 8.33. The van der Waals surface area contributed by atoms with E-state index in [1.807, 2.05) is 37.8 Å². The molecule has 1 aromatic rings. The topological polar surface area (TPSA) is 145 Å². The lowest BCUT2D eigenvalue weighted by atomic mass is 9.78. The van der Waals surface area contributed by atoms with Crippen molar-refractivity contribution in [3.8, 4) is 11.8 Å². The number of carbonyl (C=O) groups is 4. The van der Waals surface area contributed by atoms with Gasteiger partial charge in [-0.05, 0) is 95.0 Å². The fraction of sp³-hybridized carbons (Fsp3) is 0.600. The monoisotopic (exact) mass is 560 g/mol. The van der Waals surface area contributed by atoms with Gasteiger partial charge in [-0.15, -0.1) is 0 Å². The fourth-order valence-electron chi connectivity index (χ4n) is 6.21. The molecular formula is C30H36N6O5. The molecule has 5 rings (SSSR count). The molecule has 216 valence electrons. The van der Waals surface area contributed by atoms with Crippen LogP contribution in [0.1, 0.15) is 93.6 Å². The van der Waals surface area contributed by atoms with Crippen LogP contribution in [0.3, 0.4) is 0 Å². The zero-order chi connectivity index (χ0) is 29.3. The molecule has 1 saturated heterocycles. The van der Waals surface area contributed by atoms with Gasteiger partial charge < -0.3 is 14.5 Å². The van der Waals surface area contributed by atoms with E-state index in [4.69, 9.17) is 10.3 Å². The second-order valence-corrected chi connectivity index (χ2v) is 12.4. The van der Waals surface area contributed by atoms with Crippen LogP contribution in [0.15, 0.2) is 23.3 Å². The van der Waals surface area contributed by atoms with E-state index in [-0.39, 0.29) is 48.4 Å². The third kappa shape index (κ3) is 6.33. The second-order valence-electron chi connectivity index (χ2n) is 12.4. The van der Waals surface area contributed by atoms with Gasteiger partial charge in [0, 0.05) is 53.0 Å². The zero-order valence-electron chi connectivity index (χ0n) is 23.8. The minimum Gasteiger partial charge on any atom is -0.444 e. The van der Waals surface area contributed by atoms with Gasteiger partial charge in [0.05, 0.1) is 0 Å². The summed E-state index contributed by atoms with van der Waals surface area (Å²) >= 11 is 0. The van der Waals surface area contributed by atoms with Gasteiger partial charge in [0.15, 0.2) is 0 Å². The van der Waals surface area contributed by atoms with Crippen LogP contribution in [0.5, 0.6) is 0 Å². The Bertz CT molecular complexity index is 1350. The lowest BCUT2D eigenvalue weighted by Crippen LogP contribution is -2.54. The maximum atomic E-state index is 13.2. The van der Waals surface area contributed by atoms with Crippen LogP contribution >= 0.6 is 0 Å². The van der Waals surface area contributed by atoms with E-state index in [2.05, 4.69) is 27.2 Å². The smallest absolute Gasteiger partial charge is 0.410 e. The second kappa shape index (κ2) is 11.5. The normalized spacial score (nSPS) is 27.4. The van der Waals surface area contributed by atoms with Crippen LogP contribution in [0.2, 0.25) is 0 Å². The summed E-state index contributed by atoms with van der Waals surface area (Å²) in [6.07, 6.45) is 4.83. The molecule has 2 aliphatic carbocycles. The maximum Gasteiger partial charge on any atom is 0.410 e. The number of nitrogens with zero attached hydrogens (tertiary/aromatic N) is 5. The van der Waals surface area contributed by atoms with Crippen molar-refractivity contribution in [3.63, 3.8) is 0 Å². The molecule has 1 unspecified atom stereocenters. The lowest BCUT2D eigenvalue weighted by Gasteiger charge is -2.46. The number of nitrogens with one attached hydrogen (secondary N) is 1. The predicted molar refractivity (Wildman–Crippen MR) is 149 cm³/mol. The molecule has 4 aliphatic rings. The quantitative estimate of drug-likeness (QED) is 0.190. The van der Waals surface area contributed by atoms with Gasteiger partial charge in [0.2, 0.25) is 11.8 Å². The van der Waals surface area contributed by atoms with Crippen molar-refractivity contribution in [2.75, 3.05) is 0 Å². The van der Waals surface area contributed by atoms with E-state index in [9.17, 15) is 19.2 Å². The number of azide groups is 1. The first-order valence-corrected chi connectivity index (χ1v) is 14.4. The molecule has 0 bridgehead atoms. The Hall–Kier alpha value is -4.03. The summed E-state index contributed by atoms with van der Waals surface area (Å²) in [6.45, 7) is 5.91. The molecule has 0 spiro atoms. The molecule has 1 N–H and O–H groups in total. The van der Waals surface area contributed by atoms with Crippen molar-refractivity contribution in [2.45, 2.75) is 108 Å². The highest BCUT2D eigenvalue weighted by molar-refractivity contribution is 6.05.